The molecule has 0 aliphatic heterocycles. The molecular formula is C15H21NOS. The van der Waals surface area contributed by atoms with Crippen LogP contribution in [0.25, 0.3) is 0 Å². The van der Waals surface area contributed by atoms with Crippen molar-refractivity contribution in [2.45, 2.75) is 39.7 Å². The van der Waals surface area contributed by atoms with Crippen LogP contribution in [0.2, 0.25) is 0 Å². The van der Waals surface area contributed by atoms with E-state index in [4.69, 9.17) is 4.42 Å². The standard InChI is InChI=1S/C15H21NOS/c1-4-9-16-15(13-8-10-17-11(13)3)14-7-6-12(5-2)18-14/h6-8,10,15-16H,4-5,9H2,1-3H3. The summed E-state index contributed by atoms with van der Waals surface area (Å²) in [5.41, 5.74) is 1.26. The molecule has 2 rings (SSSR count). The van der Waals surface area contributed by atoms with E-state index in [1.807, 2.05) is 18.3 Å². The maximum absolute atomic E-state index is 5.44. The second kappa shape index (κ2) is 6.21. The molecule has 1 unspecified atom stereocenters. The van der Waals surface area contributed by atoms with Crippen LogP contribution < -0.4 is 5.32 Å². The summed E-state index contributed by atoms with van der Waals surface area (Å²) in [4.78, 5) is 2.82. The minimum absolute atomic E-state index is 0.272. The normalized spacial score (nSPS) is 12.8. The van der Waals surface area contributed by atoms with Crippen molar-refractivity contribution >= 4 is 11.3 Å². The Balaban J connectivity index is 2.27. The summed E-state index contributed by atoms with van der Waals surface area (Å²) in [7, 11) is 0. The van der Waals surface area contributed by atoms with Gasteiger partial charge in [-0.25, -0.2) is 0 Å². The Bertz CT molecular complexity index is 486. The molecule has 0 aliphatic carbocycles. The van der Waals surface area contributed by atoms with Gasteiger partial charge in [-0.3, -0.25) is 0 Å². The summed E-state index contributed by atoms with van der Waals surface area (Å²) in [6.07, 6.45) is 4.02. The molecule has 0 fully saturated rings. The van der Waals surface area contributed by atoms with Crippen LogP contribution >= 0.6 is 11.3 Å². The van der Waals surface area contributed by atoms with Gasteiger partial charge in [-0.15, -0.1) is 11.3 Å². The van der Waals surface area contributed by atoms with Gasteiger partial charge < -0.3 is 9.73 Å². The van der Waals surface area contributed by atoms with Gasteiger partial charge in [-0.1, -0.05) is 13.8 Å². The molecule has 98 valence electrons. The number of furan rings is 1. The zero-order chi connectivity index (χ0) is 13.0. The molecule has 18 heavy (non-hydrogen) atoms. The summed E-state index contributed by atoms with van der Waals surface area (Å²) in [6.45, 7) is 7.45. The Kier molecular flexibility index (Phi) is 4.61. The highest BCUT2D eigenvalue weighted by Gasteiger charge is 2.18. The van der Waals surface area contributed by atoms with E-state index in [-0.39, 0.29) is 6.04 Å². The van der Waals surface area contributed by atoms with E-state index in [9.17, 15) is 0 Å². The molecule has 1 atom stereocenters. The third kappa shape index (κ3) is 2.85. The third-order valence-electron chi connectivity index (χ3n) is 3.12. The first-order valence-corrected chi connectivity index (χ1v) is 7.43. The Morgan fingerprint density at radius 3 is 2.67 bits per heavy atom. The minimum atomic E-state index is 0.272. The molecule has 3 heteroatoms. The van der Waals surface area contributed by atoms with E-state index in [2.05, 4.69) is 37.4 Å². The second-order valence-electron chi connectivity index (χ2n) is 4.48. The first-order valence-electron chi connectivity index (χ1n) is 6.62. The van der Waals surface area contributed by atoms with Crippen molar-refractivity contribution in [2.75, 3.05) is 6.54 Å². The van der Waals surface area contributed by atoms with Crippen LogP contribution in [-0.4, -0.2) is 6.54 Å². The third-order valence-corrected chi connectivity index (χ3v) is 4.42. The smallest absolute Gasteiger partial charge is 0.105 e. The van der Waals surface area contributed by atoms with Gasteiger partial charge in [0.1, 0.15) is 5.76 Å². The van der Waals surface area contributed by atoms with Gasteiger partial charge >= 0.3 is 0 Å². The Morgan fingerprint density at radius 1 is 1.28 bits per heavy atom. The fraction of sp³-hybridized carbons (Fsp3) is 0.467. The average molecular weight is 263 g/mol. The van der Waals surface area contributed by atoms with Gasteiger partial charge in [-0.05, 0) is 44.5 Å². The quantitative estimate of drug-likeness (QED) is 0.840. The van der Waals surface area contributed by atoms with E-state index in [1.165, 1.54) is 15.3 Å². The lowest BCUT2D eigenvalue weighted by atomic mass is 10.1. The van der Waals surface area contributed by atoms with Gasteiger partial charge in [0, 0.05) is 15.3 Å². The molecule has 2 heterocycles. The van der Waals surface area contributed by atoms with E-state index >= 15 is 0 Å². The minimum Gasteiger partial charge on any atom is -0.469 e. The fourth-order valence-electron chi connectivity index (χ4n) is 2.09. The molecule has 0 radical (unpaired) electrons. The SMILES string of the molecule is CCCNC(c1ccc(CC)s1)c1ccoc1C. The van der Waals surface area contributed by atoms with Gasteiger partial charge in [-0.2, -0.15) is 0 Å². The number of thiophene rings is 1. The Morgan fingerprint density at radius 2 is 2.11 bits per heavy atom. The summed E-state index contributed by atoms with van der Waals surface area (Å²) < 4.78 is 5.44. The highest BCUT2D eigenvalue weighted by Crippen LogP contribution is 2.31. The van der Waals surface area contributed by atoms with Crippen molar-refractivity contribution in [2.24, 2.45) is 0 Å². The van der Waals surface area contributed by atoms with Crippen LogP contribution in [0.15, 0.2) is 28.9 Å². The van der Waals surface area contributed by atoms with Crippen molar-refractivity contribution in [3.8, 4) is 0 Å². The van der Waals surface area contributed by atoms with Gasteiger partial charge in [0.25, 0.3) is 0 Å². The fourth-order valence-corrected chi connectivity index (χ4v) is 3.13. The maximum atomic E-state index is 5.44. The van der Waals surface area contributed by atoms with Crippen molar-refractivity contribution in [3.05, 3.63) is 45.5 Å². The van der Waals surface area contributed by atoms with Crippen LogP contribution in [0, 0.1) is 6.92 Å². The molecule has 0 amide bonds. The molecule has 0 saturated heterocycles. The molecule has 2 nitrogen and oxygen atoms in total. The lowest BCUT2D eigenvalue weighted by molar-refractivity contribution is 0.518. The molecule has 0 saturated carbocycles. The lowest BCUT2D eigenvalue weighted by Crippen LogP contribution is -2.22. The largest absolute Gasteiger partial charge is 0.469 e. The van der Waals surface area contributed by atoms with Gasteiger partial charge in [0.15, 0.2) is 0 Å². The highest BCUT2D eigenvalue weighted by atomic mass is 32.1. The molecular weight excluding hydrogens is 242 g/mol. The second-order valence-corrected chi connectivity index (χ2v) is 5.68. The molecule has 2 aromatic rings. The van der Waals surface area contributed by atoms with Gasteiger partial charge in [0.2, 0.25) is 0 Å². The van der Waals surface area contributed by atoms with Crippen molar-refractivity contribution < 1.29 is 4.42 Å². The Labute approximate surface area is 113 Å². The summed E-state index contributed by atoms with van der Waals surface area (Å²) in [5, 5.41) is 3.62. The first kappa shape index (κ1) is 13.4. The van der Waals surface area contributed by atoms with Crippen molar-refractivity contribution in [1.82, 2.24) is 5.32 Å². The number of aryl methyl sites for hydroxylation is 2. The van der Waals surface area contributed by atoms with Crippen LogP contribution in [0.5, 0.6) is 0 Å². The predicted molar refractivity (Wildman–Crippen MR) is 77.3 cm³/mol. The number of nitrogens with one attached hydrogen (secondary N) is 1. The number of rotatable bonds is 6. The number of hydrogen-bond acceptors (Lipinski definition) is 3. The van der Waals surface area contributed by atoms with Crippen LogP contribution in [0.3, 0.4) is 0 Å². The summed E-state index contributed by atoms with van der Waals surface area (Å²) >= 11 is 1.89. The number of hydrogen-bond donors (Lipinski definition) is 1. The van der Waals surface area contributed by atoms with E-state index in [0.717, 1.165) is 25.1 Å². The van der Waals surface area contributed by atoms with Gasteiger partial charge in [0.05, 0.1) is 12.3 Å². The molecule has 0 aliphatic rings. The molecule has 2 aromatic heterocycles. The van der Waals surface area contributed by atoms with Crippen molar-refractivity contribution in [1.29, 1.82) is 0 Å². The van der Waals surface area contributed by atoms with E-state index in [0.29, 0.717) is 0 Å². The van der Waals surface area contributed by atoms with Crippen molar-refractivity contribution in [3.63, 3.8) is 0 Å². The monoisotopic (exact) mass is 263 g/mol. The van der Waals surface area contributed by atoms with Crippen LogP contribution in [0.4, 0.5) is 0 Å². The lowest BCUT2D eigenvalue weighted by Gasteiger charge is -2.16. The summed E-state index contributed by atoms with van der Waals surface area (Å²) in [5.74, 6) is 1.01. The molecule has 0 bridgehead atoms. The first-order chi connectivity index (χ1) is 8.76. The van der Waals surface area contributed by atoms with Crippen LogP contribution in [0.1, 0.15) is 47.4 Å². The molecule has 1 N–H and O–H groups in total. The zero-order valence-electron chi connectivity index (χ0n) is 11.3. The summed E-state index contributed by atoms with van der Waals surface area (Å²) in [6, 6.07) is 6.82. The van der Waals surface area contributed by atoms with Crippen LogP contribution in [-0.2, 0) is 6.42 Å². The van der Waals surface area contributed by atoms with E-state index in [1.54, 1.807) is 6.26 Å². The molecule has 0 aromatic carbocycles. The average Bonchev–Trinajstić information content (AvgIpc) is 3.00. The van der Waals surface area contributed by atoms with E-state index < -0.39 is 0 Å². The predicted octanol–water partition coefficient (Wildman–Crippen LogP) is 4.30. The topological polar surface area (TPSA) is 25.2 Å². The highest BCUT2D eigenvalue weighted by molar-refractivity contribution is 7.12. The zero-order valence-corrected chi connectivity index (χ0v) is 12.1. The Hall–Kier alpha value is -1.06. The molecule has 0 spiro atoms. The maximum Gasteiger partial charge on any atom is 0.105 e.